The largest absolute Gasteiger partial charge is 0.480 e. The lowest BCUT2D eigenvalue weighted by molar-refractivity contribution is -0.148. The summed E-state index contributed by atoms with van der Waals surface area (Å²) in [5, 5.41) is 12.2. The SMILES string of the molecule is CN(C)CCCNC(=O)N1CCCC(C)(C)C1C(=O)O. The van der Waals surface area contributed by atoms with Crippen molar-refractivity contribution < 1.29 is 14.7 Å². The van der Waals surface area contributed by atoms with E-state index >= 15 is 0 Å². The number of rotatable bonds is 5. The second kappa shape index (κ2) is 6.92. The van der Waals surface area contributed by atoms with Gasteiger partial charge in [0.15, 0.2) is 0 Å². The smallest absolute Gasteiger partial charge is 0.327 e. The van der Waals surface area contributed by atoms with Gasteiger partial charge in [-0.25, -0.2) is 9.59 Å². The molecule has 0 saturated carbocycles. The summed E-state index contributed by atoms with van der Waals surface area (Å²) in [7, 11) is 3.96. The molecule has 1 heterocycles. The Bertz CT molecular complexity index is 356. The van der Waals surface area contributed by atoms with Gasteiger partial charge in [0.2, 0.25) is 0 Å². The number of piperidine rings is 1. The van der Waals surface area contributed by atoms with Crippen molar-refractivity contribution in [1.29, 1.82) is 0 Å². The van der Waals surface area contributed by atoms with Crippen molar-refractivity contribution in [3.8, 4) is 0 Å². The fraction of sp³-hybridized carbons (Fsp3) is 0.857. The monoisotopic (exact) mass is 285 g/mol. The van der Waals surface area contributed by atoms with Crippen molar-refractivity contribution in [2.24, 2.45) is 5.41 Å². The van der Waals surface area contributed by atoms with E-state index < -0.39 is 12.0 Å². The molecule has 0 aromatic rings. The van der Waals surface area contributed by atoms with Gasteiger partial charge in [-0.15, -0.1) is 0 Å². The Balaban J connectivity index is 2.58. The summed E-state index contributed by atoms with van der Waals surface area (Å²) in [5.74, 6) is -0.918. The molecular weight excluding hydrogens is 258 g/mol. The number of carboxylic acids is 1. The predicted molar refractivity (Wildman–Crippen MR) is 77.7 cm³/mol. The molecule has 0 aliphatic carbocycles. The molecule has 1 aliphatic heterocycles. The van der Waals surface area contributed by atoms with Crippen molar-refractivity contribution >= 4 is 12.0 Å². The van der Waals surface area contributed by atoms with Crippen molar-refractivity contribution in [3.05, 3.63) is 0 Å². The van der Waals surface area contributed by atoms with Gasteiger partial charge < -0.3 is 20.2 Å². The molecule has 0 aromatic heterocycles. The third kappa shape index (κ3) is 4.37. The van der Waals surface area contributed by atoms with E-state index in [0.29, 0.717) is 13.1 Å². The lowest BCUT2D eigenvalue weighted by Crippen LogP contribution is -2.58. The number of hydrogen-bond donors (Lipinski definition) is 2. The van der Waals surface area contributed by atoms with Crippen molar-refractivity contribution in [3.63, 3.8) is 0 Å². The maximum Gasteiger partial charge on any atom is 0.327 e. The minimum Gasteiger partial charge on any atom is -0.480 e. The van der Waals surface area contributed by atoms with Crippen molar-refractivity contribution in [2.75, 3.05) is 33.7 Å². The zero-order valence-corrected chi connectivity index (χ0v) is 13.0. The van der Waals surface area contributed by atoms with Crippen LogP contribution in [0.2, 0.25) is 0 Å². The molecule has 6 nitrogen and oxygen atoms in total. The van der Waals surface area contributed by atoms with Crippen LogP contribution in [0.1, 0.15) is 33.1 Å². The number of urea groups is 1. The molecule has 0 aromatic carbocycles. The lowest BCUT2D eigenvalue weighted by Gasteiger charge is -2.43. The summed E-state index contributed by atoms with van der Waals surface area (Å²) < 4.78 is 0. The normalized spacial score (nSPS) is 21.9. The number of carboxylic acid groups (broad SMARTS) is 1. The predicted octanol–water partition coefficient (Wildman–Crippen LogP) is 1.22. The van der Waals surface area contributed by atoms with Crippen LogP contribution in [0.4, 0.5) is 4.79 Å². The van der Waals surface area contributed by atoms with E-state index in [-0.39, 0.29) is 11.4 Å². The number of nitrogens with one attached hydrogen (secondary N) is 1. The maximum atomic E-state index is 12.2. The second-order valence-electron chi connectivity index (χ2n) is 6.42. The highest BCUT2D eigenvalue weighted by Gasteiger charge is 2.44. The first-order valence-electron chi connectivity index (χ1n) is 7.18. The average Bonchev–Trinajstić information content (AvgIpc) is 2.32. The molecule has 0 bridgehead atoms. The fourth-order valence-corrected chi connectivity index (χ4v) is 2.77. The van der Waals surface area contributed by atoms with Crippen LogP contribution in [-0.4, -0.2) is 66.7 Å². The Morgan fingerprint density at radius 3 is 2.60 bits per heavy atom. The fourth-order valence-electron chi connectivity index (χ4n) is 2.77. The highest BCUT2D eigenvalue weighted by molar-refractivity contribution is 5.83. The number of carbonyl (C=O) groups excluding carboxylic acids is 1. The molecule has 2 N–H and O–H groups in total. The Morgan fingerprint density at radius 2 is 2.05 bits per heavy atom. The van der Waals surface area contributed by atoms with Gasteiger partial charge in [-0.05, 0) is 45.3 Å². The summed E-state index contributed by atoms with van der Waals surface area (Å²) in [6.45, 7) is 5.81. The highest BCUT2D eigenvalue weighted by Crippen LogP contribution is 2.35. The third-order valence-electron chi connectivity index (χ3n) is 3.83. The second-order valence-corrected chi connectivity index (χ2v) is 6.42. The Hall–Kier alpha value is -1.30. The first-order valence-corrected chi connectivity index (χ1v) is 7.18. The zero-order valence-electron chi connectivity index (χ0n) is 13.0. The maximum absolute atomic E-state index is 12.2. The Morgan fingerprint density at radius 1 is 1.40 bits per heavy atom. The molecule has 1 atom stereocenters. The third-order valence-corrected chi connectivity index (χ3v) is 3.83. The van der Waals surface area contributed by atoms with Crippen LogP contribution in [0.15, 0.2) is 0 Å². The first kappa shape index (κ1) is 16.8. The van der Waals surface area contributed by atoms with Gasteiger partial charge >= 0.3 is 12.0 Å². The number of hydrogen-bond acceptors (Lipinski definition) is 3. The van der Waals surface area contributed by atoms with E-state index in [4.69, 9.17) is 0 Å². The summed E-state index contributed by atoms with van der Waals surface area (Å²) in [4.78, 5) is 27.2. The molecule has 1 saturated heterocycles. The summed E-state index contributed by atoms with van der Waals surface area (Å²) in [5.41, 5.74) is -0.384. The van der Waals surface area contributed by atoms with Gasteiger partial charge in [-0.1, -0.05) is 13.8 Å². The van der Waals surface area contributed by atoms with Crippen LogP contribution in [0, 0.1) is 5.41 Å². The molecule has 1 rings (SSSR count). The molecule has 1 aliphatic rings. The zero-order chi connectivity index (χ0) is 15.3. The van der Waals surface area contributed by atoms with E-state index in [1.807, 2.05) is 27.9 Å². The van der Waals surface area contributed by atoms with Crippen LogP contribution in [0.5, 0.6) is 0 Å². The van der Waals surface area contributed by atoms with Crippen LogP contribution < -0.4 is 5.32 Å². The van der Waals surface area contributed by atoms with Gasteiger partial charge in [-0.3, -0.25) is 0 Å². The topological polar surface area (TPSA) is 72.9 Å². The van der Waals surface area contributed by atoms with Crippen molar-refractivity contribution in [1.82, 2.24) is 15.1 Å². The van der Waals surface area contributed by atoms with Gasteiger partial charge in [0.25, 0.3) is 0 Å². The van der Waals surface area contributed by atoms with Crippen LogP contribution in [-0.2, 0) is 4.79 Å². The van der Waals surface area contributed by atoms with Gasteiger partial charge in [-0.2, -0.15) is 0 Å². The van der Waals surface area contributed by atoms with Crippen LogP contribution in [0.3, 0.4) is 0 Å². The summed E-state index contributed by atoms with van der Waals surface area (Å²) >= 11 is 0. The van der Waals surface area contributed by atoms with Gasteiger partial charge in [0, 0.05) is 13.1 Å². The number of likely N-dealkylation sites (tertiary alicyclic amines) is 1. The Labute approximate surface area is 121 Å². The molecule has 0 radical (unpaired) electrons. The number of nitrogens with zero attached hydrogens (tertiary/aromatic N) is 2. The number of amides is 2. The molecule has 6 heteroatoms. The van der Waals surface area contributed by atoms with E-state index in [2.05, 4.69) is 10.2 Å². The highest BCUT2D eigenvalue weighted by atomic mass is 16.4. The molecule has 0 spiro atoms. The number of aliphatic carboxylic acids is 1. The average molecular weight is 285 g/mol. The molecule has 1 fully saturated rings. The van der Waals surface area contributed by atoms with E-state index in [1.165, 1.54) is 4.90 Å². The molecule has 116 valence electrons. The summed E-state index contributed by atoms with van der Waals surface area (Å²) in [6, 6.07) is -1.01. The van der Waals surface area contributed by atoms with Crippen LogP contribution in [0.25, 0.3) is 0 Å². The van der Waals surface area contributed by atoms with Crippen LogP contribution >= 0.6 is 0 Å². The van der Waals surface area contributed by atoms with E-state index in [0.717, 1.165) is 25.8 Å². The Kier molecular flexibility index (Phi) is 5.80. The van der Waals surface area contributed by atoms with Gasteiger partial charge in [0.1, 0.15) is 6.04 Å². The molecule has 20 heavy (non-hydrogen) atoms. The molecule has 2 amide bonds. The molecule has 1 unspecified atom stereocenters. The van der Waals surface area contributed by atoms with E-state index in [1.54, 1.807) is 0 Å². The van der Waals surface area contributed by atoms with Gasteiger partial charge in [0.05, 0.1) is 0 Å². The lowest BCUT2D eigenvalue weighted by atomic mass is 9.76. The van der Waals surface area contributed by atoms with E-state index in [9.17, 15) is 14.7 Å². The molecular formula is C14H27N3O3. The minimum atomic E-state index is -0.918. The minimum absolute atomic E-state index is 0.260. The standard InChI is InChI=1S/C14H27N3O3/c1-14(2)7-5-10-17(11(14)12(18)19)13(20)15-8-6-9-16(3)4/h11H,5-10H2,1-4H3,(H,15,20)(H,18,19). The number of carbonyl (C=O) groups is 2. The van der Waals surface area contributed by atoms with Crippen molar-refractivity contribution in [2.45, 2.75) is 39.2 Å². The summed E-state index contributed by atoms with van der Waals surface area (Å²) in [6.07, 6.45) is 2.53. The quantitative estimate of drug-likeness (QED) is 0.745. The first-order chi connectivity index (χ1) is 9.25.